The summed E-state index contributed by atoms with van der Waals surface area (Å²) in [6, 6.07) is 6.52. The maximum atomic E-state index is 11.2. The molecule has 2 aliphatic rings. The van der Waals surface area contributed by atoms with Crippen LogP contribution >= 0.6 is 0 Å². The van der Waals surface area contributed by atoms with E-state index >= 15 is 0 Å². The second-order valence-corrected chi connectivity index (χ2v) is 6.10. The molecule has 0 radical (unpaired) electrons. The number of rotatable bonds is 4. The van der Waals surface area contributed by atoms with E-state index in [1.807, 2.05) is 7.05 Å². The summed E-state index contributed by atoms with van der Waals surface area (Å²) in [5.41, 5.74) is 3.94. The van der Waals surface area contributed by atoms with Crippen LogP contribution in [0.5, 0.6) is 0 Å². The summed E-state index contributed by atoms with van der Waals surface area (Å²) in [5, 5.41) is 9.24. The summed E-state index contributed by atoms with van der Waals surface area (Å²) in [7, 11) is 4.10. The molecule has 5 nitrogen and oxygen atoms in total. The Morgan fingerprint density at radius 1 is 1.48 bits per heavy atom. The Bertz CT molecular complexity index is 546. The lowest BCUT2D eigenvalue weighted by atomic mass is 10.0. The molecule has 2 unspecified atom stereocenters. The molecular formula is C16H22N2O3. The van der Waals surface area contributed by atoms with Crippen LogP contribution < -0.4 is 4.90 Å². The minimum Gasteiger partial charge on any atom is -0.481 e. The van der Waals surface area contributed by atoms with Crippen molar-refractivity contribution >= 4 is 11.7 Å². The third-order valence-electron chi connectivity index (χ3n) is 4.64. The molecule has 1 saturated heterocycles. The largest absolute Gasteiger partial charge is 0.481 e. The van der Waals surface area contributed by atoms with E-state index < -0.39 is 11.9 Å². The molecule has 21 heavy (non-hydrogen) atoms. The number of nitrogens with zero attached hydrogens (tertiary/aromatic N) is 2. The zero-order valence-electron chi connectivity index (χ0n) is 12.6. The standard InChI is InChI=1S/C16H22N2O3/c1-17-6-5-12-7-11(3-4-14(12)17)8-18(2)15-10-21-9-13(15)16(19)20/h3-4,7,13,15H,5-6,8-10H2,1-2H3,(H,19,20). The van der Waals surface area contributed by atoms with Crippen molar-refractivity contribution in [3.05, 3.63) is 29.3 Å². The van der Waals surface area contributed by atoms with Crippen LogP contribution in [0.1, 0.15) is 11.1 Å². The number of carboxylic acids is 1. The average Bonchev–Trinajstić information content (AvgIpc) is 3.06. The Morgan fingerprint density at radius 3 is 3.05 bits per heavy atom. The normalized spacial score (nSPS) is 24.6. The molecule has 0 saturated carbocycles. The molecule has 1 N–H and O–H groups in total. The van der Waals surface area contributed by atoms with Crippen molar-refractivity contribution < 1.29 is 14.6 Å². The van der Waals surface area contributed by atoms with E-state index in [1.54, 1.807) is 0 Å². The van der Waals surface area contributed by atoms with Crippen LogP contribution in [0.25, 0.3) is 0 Å². The smallest absolute Gasteiger partial charge is 0.310 e. The summed E-state index contributed by atoms with van der Waals surface area (Å²) in [5.74, 6) is -1.18. The van der Waals surface area contributed by atoms with Gasteiger partial charge in [-0.15, -0.1) is 0 Å². The molecule has 2 atom stereocenters. The van der Waals surface area contributed by atoms with Gasteiger partial charge < -0.3 is 14.7 Å². The molecule has 114 valence electrons. The molecule has 2 heterocycles. The van der Waals surface area contributed by atoms with Crippen molar-refractivity contribution in [2.45, 2.75) is 19.0 Å². The van der Waals surface area contributed by atoms with Gasteiger partial charge >= 0.3 is 5.97 Å². The minimum atomic E-state index is -0.764. The molecule has 5 heteroatoms. The number of aliphatic carboxylic acids is 1. The topological polar surface area (TPSA) is 53.0 Å². The molecule has 0 aliphatic carbocycles. The van der Waals surface area contributed by atoms with E-state index in [4.69, 9.17) is 4.74 Å². The van der Waals surface area contributed by atoms with Crippen molar-refractivity contribution in [2.24, 2.45) is 5.92 Å². The zero-order chi connectivity index (χ0) is 15.0. The highest BCUT2D eigenvalue weighted by Gasteiger charge is 2.36. The fourth-order valence-corrected chi connectivity index (χ4v) is 3.34. The molecule has 0 spiro atoms. The summed E-state index contributed by atoms with van der Waals surface area (Å²) >= 11 is 0. The summed E-state index contributed by atoms with van der Waals surface area (Å²) in [6.45, 7) is 2.65. The molecule has 1 aromatic rings. The van der Waals surface area contributed by atoms with Gasteiger partial charge in [-0.1, -0.05) is 12.1 Å². The minimum absolute atomic E-state index is 0.0431. The van der Waals surface area contributed by atoms with Crippen LogP contribution in [0.2, 0.25) is 0 Å². The molecule has 1 aromatic carbocycles. The summed E-state index contributed by atoms with van der Waals surface area (Å²) in [6.07, 6.45) is 1.09. The van der Waals surface area contributed by atoms with Crippen molar-refractivity contribution in [3.63, 3.8) is 0 Å². The number of fused-ring (bicyclic) bond motifs is 1. The molecule has 0 bridgehead atoms. The lowest BCUT2D eigenvalue weighted by molar-refractivity contribution is -0.143. The number of hydrogen-bond donors (Lipinski definition) is 1. The average molecular weight is 290 g/mol. The number of ether oxygens (including phenoxy) is 1. The highest BCUT2D eigenvalue weighted by molar-refractivity contribution is 5.71. The molecule has 2 aliphatic heterocycles. The Balaban J connectivity index is 1.70. The molecule has 1 fully saturated rings. The fourth-order valence-electron chi connectivity index (χ4n) is 3.34. The van der Waals surface area contributed by atoms with Gasteiger partial charge in [0.05, 0.1) is 19.1 Å². The van der Waals surface area contributed by atoms with Crippen LogP contribution in [-0.2, 0) is 22.5 Å². The molecule has 3 rings (SSSR count). The van der Waals surface area contributed by atoms with E-state index in [2.05, 4.69) is 35.0 Å². The summed E-state index contributed by atoms with van der Waals surface area (Å²) < 4.78 is 5.35. The first-order valence-corrected chi connectivity index (χ1v) is 7.40. The number of hydrogen-bond acceptors (Lipinski definition) is 4. The van der Waals surface area contributed by atoms with Crippen molar-refractivity contribution in [2.75, 3.05) is 38.8 Å². The van der Waals surface area contributed by atoms with E-state index in [0.717, 1.165) is 19.5 Å². The Hall–Kier alpha value is -1.59. The summed E-state index contributed by atoms with van der Waals surface area (Å²) in [4.78, 5) is 15.6. The Morgan fingerprint density at radius 2 is 2.29 bits per heavy atom. The molecular weight excluding hydrogens is 268 g/mol. The van der Waals surface area contributed by atoms with Gasteiger partial charge in [-0.2, -0.15) is 0 Å². The van der Waals surface area contributed by atoms with Gasteiger partial charge in [-0.3, -0.25) is 9.69 Å². The van der Waals surface area contributed by atoms with Crippen molar-refractivity contribution in [1.82, 2.24) is 4.90 Å². The predicted octanol–water partition coefficient (Wildman–Crippen LogP) is 1.21. The van der Waals surface area contributed by atoms with Gasteiger partial charge in [0.1, 0.15) is 0 Å². The Labute approximate surface area is 125 Å². The van der Waals surface area contributed by atoms with Crippen LogP contribution in [-0.4, -0.2) is 55.9 Å². The van der Waals surface area contributed by atoms with Gasteiger partial charge in [0.15, 0.2) is 0 Å². The lowest BCUT2D eigenvalue weighted by Gasteiger charge is -2.26. The van der Waals surface area contributed by atoms with Crippen LogP contribution in [0, 0.1) is 5.92 Å². The highest BCUT2D eigenvalue weighted by atomic mass is 16.5. The van der Waals surface area contributed by atoms with Crippen LogP contribution in [0.3, 0.4) is 0 Å². The van der Waals surface area contributed by atoms with Crippen molar-refractivity contribution in [1.29, 1.82) is 0 Å². The highest BCUT2D eigenvalue weighted by Crippen LogP contribution is 2.28. The Kier molecular flexibility index (Phi) is 3.87. The SMILES string of the molecule is CN1CCc2cc(CN(C)C3COCC3C(=O)O)ccc21. The monoisotopic (exact) mass is 290 g/mol. The number of benzene rings is 1. The number of likely N-dealkylation sites (N-methyl/N-ethyl adjacent to an activating group) is 2. The van der Waals surface area contributed by atoms with Gasteiger partial charge in [-0.05, 0) is 30.7 Å². The third-order valence-corrected chi connectivity index (χ3v) is 4.64. The van der Waals surface area contributed by atoms with Crippen LogP contribution in [0.15, 0.2) is 18.2 Å². The van der Waals surface area contributed by atoms with E-state index in [-0.39, 0.29) is 6.04 Å². The van der Waals surface area contributed by atoms with Crippen molar-refractivity contribution in [3.8, 4) is 0 Å². The van der Waals surface area contributed by atoms with Gasteiger partial charge in [-0.25, -0.2) is 0 Å². The second-order valence-electron chi connectivity index (χ2n) is 6.10. The maximum absolute atomic E-state index is 11.2. The van der Waals surface area contributed by atoms with Gasteiger partial charge in [0.2, 0.25) is 0 Å². The predicted molar refractivity (Wildman–Crippen MR) is 80.6 cm³/mol. The fraction of sp³-hybridized carbons (Fsp3) is 0.562. The molecule has 0 aromatic heterocycles. The number of anilines is 1. The number of carboxylic acid groups (broad SMARTS) is 1. The molecule has 0 amide bonds. The first kappa shape index (κ1) is 14.4. The first-order valence-electron chi connectivity index (χ1n) is 7.40. The quantitative estimate of drug-likeness (QED) is 0.903. The van der Waals surface area contributed by atoms with E-state index in [0.29, 0.717) is 13.2 Å². The van der Waals surface area contributed by atoms with E-state index in [1.165, 1.54) is 16.8 Å². The maximum Gasteiger partial charge on any atom is 0.310 e. The first-order chi connectivity index (χ1) is 10.1. The van der Waals surface area contributed by atoms with E-state index in [9.17, 15) is 9.90 Å². The van der Waals surface area contributed by atoms with Gasteiger partial charge in [0, 0.05) is 31.9 Å². The zero-order valence-corrected chi connectivity index (χ0v) is 12.6. The van der Waals surface area contributed by atoms with Crippen LogP contribution in [0.4, 0.5) is 5.69 Å². The number of carbonyl (C=O) groups is 1. The third kappa shape index (κ3) is 2.76. The second kappa shape index (κ2) is 5.66. The lowest BCUT2D eigenvalue weighted by Crippen LogP contribution is -2.40. The van der Waals surface area contributed by atoms with Gasteiger partial charge in [0.25, 0.3) is 0 Å².